The van der Waals surface area contributed by atoms with Crippen molar-refractivity contribution in [3.63, 3.8) is 0 Å². The second kappa shape index (κ2) is 53.8. The van der Waals surface area contributed by atoms with Gasteiger partial charge in [-0.1, -0.05) is 34.5 Å². The van der Waals surface area contributed by atoms with E-state index in [1.807, 2.05) is 6.92 Å². The molecule has 18 aromatic rings. The third-order valence-corrected chi connectivity index (χ3v) is 20.7. The van der Waals surface area contributed by atoms with Gasteiger partial charge in [0.05, 0.1) is 22.7 Å². The standard InChI is InChI=1S/C15H14FN6O2.C14H14FN6O2.2C13H12FN6O2.C12H9BrFN6O2.C12H9ClFN6O2.6Y/c1-21-15(23)22(20-19-21)13-7-10(16)6-11(9-2-3-9)12(13)8-24-14-4-5-17-18-14;1-3-9-6-10(15)7-12(21-14(22)20(2)18-19-21)11(9)8-23-13-4-5-16-17-13;2*1-8-5-9(14)6-11(20-13(21)19(2)17-18-20)10(8)7-22-12-3-4-15-16-12;2*1-19-12(21)20(18-17-19)11-7(8(13)2-3-9(11)14)6-22-10-4-5-15-16-10;;;;;;/h4-7,9H,2-3,8H2,1H3;4-7H,3,8H2,1-2H3;2*3-6H,7H2,1-2H3;2*2-5H,6H2,1H3;;;;;;/q6*-1;;;;;;. The molecule has 0 unspecified atom stereocenters. The van der Waals surface area contributed by atoms with Crippen LogP contribution < -0.4 is 93.2 Å². The van der Waals surface area contributed by atoms with E-state index in [4.69, 9.17) is 40.0 Å². The van der Waals surface area contributed by atoms with E-state index in [0.29, 0.717) is 90.6 Å². The molecule has 62 heteroatoms. The fraction of sp³-hybridized carbons (Fsp3) is 0.241. The van der Waals surface area contributed by atoms with Crippen LogP contribution >= 0.6 is 27.5 Å². The summed E-state index contributed by atoms with van der Waals surface area (Å²) in [5.74, 6) is -0.828. The Morgan fingerprint density at radius 2 is 0.596 bits per heavy atom. The molecule has 0 aliphatic heterocycles. The minimum absolute atomic E-state index is 0. The van der Waals surface area contributed by atoms with Gasteiger partial charge in [-0.2, -0.15) is 93.4 Å². The van der Waals surface area contributed by atoms with Crippen molar-refractivity contribution >= 4 is 27.5 Å². The summed E-state index contributed by atoms with van der Waals surface area (Å²) in [6, 6.07) is 25.4. The van der Waals surface area contributed by atoms with Gasteiger partial charge in [0.25, 0.3) is 0 Å². The fourth-order valence-corrected chi connectivity index (χ4v) is 13.3. The van der Waals surface area contributed by atoms with E-state index in [1.165, 1.54) is 146 Å². The van der Waals surface area contributed by atoms with E-state index >= 15 is 0 Å². The summed E-state index contributed by atoms with van der Waals surface area (Å²) in [7, 11) is 8.73. The molecular weight excluding hydrogens is 2410 g/mol. The van der Waals surface area contributed by atoms with E-state index in [0.717, 1.165) is 86.2 Å². The van der Waals surface area contributed by atoms with Crippen LogP contribution in [0.4, 0.5) is 26.3 Å². The van der Waals surface area contributed by atoms with Crippen LogP contribution in [-0.4, -0.2) is 149 Å². The number of tetrazole rings is 6. The number of ether oxygens (including phenoxy) is 6. The van der Waals surface area contributed by atoms with Crippen LogP contribution in [-0.2, 0) is 285 Å². The van der Waals surface area contributed by atoms with Gasteiger partial charge in [0.1, 0.15) is 85.9 Å². The number of nitrogens with zero attached hydrogens (tertiary/aromatic N) is 36. The molecule has 0 spiro atoms. The Balaban J connectivity index is 0.000000205. The number of aryl methyl sites for hydroxylation is 9. The second-order valence-electron chi connectivity index (χ2n) is 28.6. The number of rotatable bonds is 26. The van der Waals surface area contributed by atoms with E-state index < -0.39 is 69.0 Å². The summed E-state index contributed by atoms with van der Waals surface area (Å²) < 4.78 is 130. The van der Waals surface area contributed by atoms with Gasteiger partial charge in [-0.05, 0) is 209 Å². The molecule has 6 radical (unpaired) electrons. The van der Waals surface area contributed by atoms with Crippen LogP contribution in [0.3, 0.4) is 0 Å². The molecule has 12 heterocycles. The molecular formula is C79H70BrClF6N36O12Y6-6. The third-order valence-electron chi connectivity index (χ3n) is 19.6. The van der Waals surface area contributed by atoms with Crippen molar-refractivity contribution in [3.8, 4) is 69.4 Å². The first-order valence-corrected chi connectivity index (χ1v) is 40.7. The van der Waals surface area contributed by atoms with Gasteiger partial charge in [0.15, 0.2) is 35.3 Å². The molecule has 141 heavy (non-hydrogen) atoms. The zero-order chi connectivity index (χ0) is 95.8. The maximum Gasteiger partial charge on any atom is 0.368 e. The van der Waals surface area contributed by atoms with Crippen molar-refractivity contribution < 1.29 is 251 Å². The van der Waals surface area contributed by atoms with E-state index in [9.17, 15) is 55.1 Å². The van der Waals surface area contributed by atoms with Crippen molar-refractivity contribution in [2.24, 2.45) is 42.3 Å². The van der Waals surface area contributed by atoms with E-state index in [-0.39, 0.29) is 281 Å². The SMILES string of the molecule is CCc1cc(F)cc(-n2nnn(C)c2=O)c1COc1cc[n-]n1.Cc1cc(F)cc(-n2nnn(C)c2=O)c1COc1cc[n-]n1.Cc1cc(F)cc(-n2nnn(C)c2=O)c1COc1cc[n-]n1.Cn1nnn(-c2c(F)ccc(Br)c2COc2cc[n-]n2)c1=O.Cn1nnn(-c2c(F)ccc(Cl)c2COc2cc[n-]n2)c1=O.Cn1nnn(-c2cc(F)cc(C3CC3)c2COc2cc[n-]n2)c1=O.[Y].[Y].[Y].[Y].[Y].[Y]. The molecule has 0 N–H and O–H groups in total. The largest absolute Gasteiger partial charge is 0.579 e. The predicted octanol–water partition coefficient (Wildman–Crippen LogP) is 3.68. The first-order chi connectivity index (χ1) is 65.0. The van der Waals surface area contributed by atoms with E-state index in [2.05, 4.69) is 140 Å². The Morgan fingerprint density at radius 1 is 0.333 bits per heavy atom. The minimum atomic E-state index is -0.667. The Bertz CT molecular complexity index is 7230. The Labute approximate surface area is 953 Å². The fourth-order valence-electron chi connectivity index (χ4n) is 12.7. The first kappa shape index (κ1) is 116. The third kappa shape index (κ3) is 28.8. The van der Waals surface area contributed by atoms with Crippen LogP contribution in [0.25, 0.3) is 34.1 Å². The molecule has 12 aromatic heterocycles. The van der Waals surface area contributed by atoms with Gasteiger partial charge in [0, 0.05) is 306 Å². The van der Waals surface area contributed by atoms with Crippen molar-refractivity contribution in [2.75, 3.05) is 0 Å². The van der Waals surface area contributed by atoms with E-state index in [1.54, 1.807) is 50.2 Å². The molecule has 0 atom stereocenters. The Kier molecular flexibility index (Phi) is 44.2. The van der Waals surface area contributed by atoms with Crippen LogP contribution in [0, 0.1) is 48.8 Å². The maximum absolute atomic E-state index is 14.2. The predicted molar refractivity (Wildman–Crippen MR) is 454 cm³/mol. The summed E-state index contributed by atoms with van der Waals surface area (Å²) in [6.45, 7) is 5.68. The van der Waals surface area contributed by atoms with Crippen LogP contribution in [0.1, 0.15) is 81.3 Å². The molecule has 48 nitrogen and oxygen atoms in total. The number of hydrogen-bond acceptors (Lipinski definition) is 30. The van der Waals surface area contributed by atoms with Crippen molar-refractivity contribution in [1.82, 2.24) is 180 Å². The Morgan fingerprint density at radius 3 is 0.894 bits per heavy atom. The molecule has 718 valence electrons. The van der Waals surface area contributed by atoms with Crippen molar-refractivity contribution in [1.29, 1.82) is 0 Å². The summed E-state index contributed by atoms with van der Waals surface area (Å²) in [6.07, 6.45) is 11.5. The molecule has 0 amide bonds. The second-order valence-corrected chi connectivity index (χ2v) is 29.8. The van der Waals surface area contributed by atoms with Gasteiger partial charge in [-0.15, -0.1) is 0 Å². The quantitative estimate of drug-likeness (QED) is 0.0698. The van der Waals surface area contributed by atoms with Gasteiger partial charge >= 0.3 is 34.1 Å². The van der Waals surface area contributed by atoms with Crippen LogP contribution in [0.5, 0.6) is 35.3 Å². The van der Waals surface area contributed by atoms with Crippen molar-refractivity contribution in [2.45, 2.75) is 85.6 Å². The van der Waals surface area contributed by atoms with Crippen LogP contribution in [0.2, 0.25) is 5.02 Å². The Hall–Kier alpha value is -10.4. The molecule has 6 aromatic carbocycles. The minimum Gasteiger partial charge on any atom is -0.579 e. The summed E-state index contributed by atoms with van der Waals surface area (Å²) in [5.41, 5.74) is 4.15. The average Bonchev–Trinajstić information content (AvgIpc) is 1.61. The average molecular weight is 2480 g/mol. The first-order valence-electron chi connectivity index (χ1n) is 39.6. The summed E-state index contributed by atoms with van der Waals surface area (Å²) in [4.78, 5) is 72.2. The van der Waals surface area contributed by atoms with Crippen molar-refractivity contribution in [3.05, 3.63) is 309 Å². The zero-order valence-corrected chi connectivity index (χ0v) is 94.7. The topological polar surface area (TPSA) is 534 Å². The molecule has 1 fully saturated rings. The maximum atomic E-state index is 14.2. The summed E-state index contributed by atoms with van der Waals surface area (Å²) in [5, 5.41) is 88.8. The smallest absolute Gasteiger partial charge is 0.368 e. The van der Waals surface area contributed by atoms with Gasteiger partial charge in [-0.25, -0.2) is 55.1 Å². The number of aromatic nitrogens is 36. The molecule has 1 aliphatic rings. The van der Waals surface area contributed by atoms with Crippen LogP contribution in [0.15, 0.2) is 180 Å². The summed E-state index contributed by atoms with van der Waals surface area (Å²) >= 11 is 9.42. The molecule has 19 rings (SSSR count). The molecule has 1 aliphatic carbocycles. The van der Waals surface area contributed by atoms with Gasteiger partial charge in [0.2, 0.25) is 0 Å². The number of halogens is 8. The molecule has 1 saturated carbocycles. The molecule has 0 saturated heterocycles. The monoisotopic (exact) mass is 2480 g/mol. The number of hydrogen-bond donors (Lipinski definition) is 0. The van der Waals surface area contributed by atoms with Gasteiger partial charge < -0.3 is 89.6 Å². The normalized spacial score (nSPS) is 11.0. The van der Waals surface area contributed by atoms with Gasteiger partial charge in [-0.3, -0.25) is 0 Å². The zero-order valence-electron chi connectivity index (χ0n) is 75.3. The number of benzene rings is 6. The molecule has 0 bridgehead atoms.